The summed E-state index contributed by atoms with van der Waals surface area (Å²) >= 11 is 3.39. The molecule has 1 amide bonds. The van der Waals surface area contributed by atoms with Gasteiger partial charge < -0.3 is 4.57 Å². The van der Waals surface area contributed by atoms with Crippen molar-refractivity contribution in [2.45, 2.75) is 30.8 Å². The number of fused-ring (bicyclic) bond motifs is 1. The van der Waals surface area contributed by atoms with Crippen LogP contribution in [0.5, 0.6) is 0 Å². The molecule has 1 atom stereocenters. The minimum absolute atomic E-state index is 0.248. The maximum absolute atomic E-state index is 12.7. The van der Waals surface area contributed by atoms with Crippen LogP contribution in [-0.2, 0) is 29.7 Å². The number of imidazole rings is 1. The average molecular weight is 386 g/mol. The van der Waals surface area contributed by atoms with Gasteiger partial charge in [-0.05, 0) is 41.3 Å². The van der Waals surface area contributed by atoms with E-state index in [1.807, 2.05) is 4.57 Å². The second-order valence-electron chi connectivity index (χ2n) is 5.27. The van der Waals surface area contributed by atoms with Crippen molar-refractivity contribution in [3.05, 3.63) is 28.4 Å². The quantitative estimate of drug-likeness (QED) is 0.791. The van der Waals surface area contributed by atoms with E-state index in [4.69, 9.17) is 0 Å². The number of nitrogens with zero attached hydrogens (tertiary/aromatic N) is 5. The molecule has 0 aromatic carbocycles. The van der Waals surface area contributed by atoms with Gasteiger partial charge in [0.05, 0.1) is 21.6 Å². The van der Waals surface area contributed by atoms with Gasteiger partial charge in [-0.1, -0.05) is 0 Å². The number of carbonyl (C=O) groups is 1. The van der Waals surface area contributed by atoms with E-state index in [-0.39, 0.29) is 5.82 Å². The summed E-state index contributed by atoms with van der Waals surface area (Å²) in [6.45, 7) is 0.737. The predicted octanol–water partition coefficient (Wildman–Crippen LogP) is 2.01. The third-order valence-electron chi connectivity index (χ3n) is 3.68. The Morgan fingerprint density at radius 1 is 1.45 bits per heavy atom. The van der Waals surface area contributed by atoms with Gasteiger partial charge in [-0.25, -0.2) is 9.19 Å². The fraction of sp³-hybridized carbons (Fsp3) is 0.462. The van der Waals surface area contributed by atoms with Crippen LogP contribution in [0.1, 0.15) is 29.2 Å². The summed E-state index contributed by atoms with van der Waals surface area (Å²) < 4.78 is 20.7. The summed E-state index contributed by atoms with van der Waals surface area (Å²) in [6.07, 6.45) is 5.93. The fourth-order valence-corrected chi connectivity index (χ4v) is 4.56. The minimum Gasteiger partial charge on any atom is -0.323 e. The highest BCUT2D eigenvalue weighted by atomic mass is 79.9. The third kappa shape index (κ3) is 2.63. The van der Waals surface area contributed by atoms with E-state index in [0.29, 0.717) is 9.63 Å². The summed E-state index contributed by atoms with van der Waals surface area (Å²) in [7, 11) is -1.18. The van der Waals surface area contributed by atoms with Crippen LogP contribution in [0, 0.1) is 0 Å². The van der Waals surface area contributed by atoms with Gasteiger partial charge in [0.15, 0.2) is 0 Å². The Bertz CT molecular complexity index is 860. The van der Waals surface area contributed by atoms with Crippen LogP contribution in [0.4, 0.5) is 0 Å². The molecule has 0 aliphatic carbocycles. The zero-order chi connectivity index (χ0) is 15.9. The van der Waals surface area contributed by atoms with Crippen molar-refractivity contribution in [1.29, 1.82) is 0 Å². The molecule has 1 aliphatic rings. The molecule has 22 heavy (non-hydrogen) atoms. The van der Waals surface area contributed by atoms with Crippen molar-refractivity contribution in [2.75, 3.05) is 6.26 Å². The van der Waals surface area contributed by atoms with Gasteiger partial charge in [-0.15, -0.1) is 4.36 Å². The van der Waals surface area contributed by atoms with Crippen LogP contribution < -0.4 is 0 Å². The van der Waals surface area contributed by atoms with Crippen molar-refractivity contribution in [3.63, 3.8) is 0 Å². The van der Waals surface area contributed by atoms with Gasteiger partial charge >= 0.3 is 5.91 Å². The topological polar surface area (TPSA) is 82.1 Å². The maximum atomic E-state index is 12.7. The third-order valence-corrected chi connectivity index (χ3v) is 6.01. The van der Waals surface area contributed by atoms with E-state index in [9.17, 15) is 9.00 Å². The number of hydrogen-bond donors (Lipinski definition) is 0. The largest absolute Gasteiger partial charge is 0.323 e. The molecule has 0 spiro atoms. The molecule has 9 heteroatoms. The molecule has 2 aromatic heterocycles. The Balaban J connectivity index is 2.04. The Labute approximate surface area is 137 Å². The lowest BCUT2D eigenvalue weighted by atomic mass is 10.1. The second-order valence-corrected chi connectivity index (χ2v) is 8.23. The minimum atomic E-state index is -2.85. The molecule has 0 saturated carbocycles. The van der Waals surface area contributed by atoms with Gasteiger partial charge in [0, 0.05) is 19.8 Å². The van der Waals surface area contributed by atoms with Crippen LogP contribution in [-0.4, -0.2) is 35.7 Å². The standard InChI is InChI=1S/C13H16BrN5O2S/c1-18-10(6-7-15-18)22(2,21)17-13(20)12-16-11(14)9-5-3-4-8-19(9)12/h6-7H,3-5,8H2,1-2H3. The summed E-state index contributed by atoms with van der Waals surface area (Å²) in [4.78, 5) is 16.7. The summed E-state index contributed by atoms with van der Waals surface area (Å²) in [5.41, 5.74) is 1.01. The first-order chi connectivity index (χ1) is 10.4. The first kappa shape index (κ1) is 15.4. The Kier molecular flexibility index (Phi) is 3.94. The summed E-state index contributed by atoms with van der Waals surface area (Å²) in [5.74, 6) is -0.305. The highest BCUT2D eigenvalue weighted by Gasteiger charge is 2.24. The van der Waals surface area contributed by atoms with Crippen molar-refractivity contribution >= 4 is 31.6 Å². The average Bonchev–Trinajstić information content (AvgIpc) is 3.04. The predicted molar refractivity (Wildman–Crippen MR) is 85.2 cm³/mol. The highest BCUT2D eigenvalue weighted by molar-refractivity contribution is 9.10. The van der Waals surface area contributed by atoms with Crippen LogP contribution >= 0.6 is 15.9 Å². The molecule has 3 heterocycles. The number of carbonyl (C=O) groups excluding carboxylic acids is 1. The number of aryl methyl sites for hydroxylation is 1. The second kappa shape index (κ2) is 5.62. The van der Waals surface area contributed by atoms with Crippen LogP contribution in [0.2, 0.25) is 0 Å². The molecule has 3 rings (SSSR count). The maximum Gasteiger partial charge on any atom is 0.321 e. The Morgan fingerprint density at radius 2 is 2.23 bits per heavy atom. The van der Waals surface area contributed by atoms with Crippen molar-refractivity contribution < 1.29 is 9.00 Å². The monoisotopic (exact) mass is 385 g/mol. The number of aromatic nitrogens is 4. The molecule has 0 N–H and O–H groups in total. The zero-order valence-electron chi connectivity index (χ0n) is 12.3. The van der Waals surface area contributed by atoms with E-state index >= 15 is 0 Å². The zero-order valence-corrected chi connectivity index (χ0v) is 14.7. The smallest absolute Gasteiger partial charge is 0.321 e. The molecule has 0 fully saturated rings. The molecular formula is C13H16BrN5O2S. The molecule has 1 aliphatic heterocycles. The van der Waals surface area contributed by atoms with E-state index in [1.165, 1.54) is 17.1 Å². The van der Waals surface area contributed by atoms with Gasteiger partial charge in [0.2, 0.25) is 5.82 Å². The Morgan fingerprint density at radius 3 is 2.91 bits per heavy atom. The first-order valence-electron chi connectivity index (χ1n) is 6.89. The molecule has 118 valence electrons. The van der Waals surface area contributed by atoms with E-state index in [0.717, 1.165) is 31.5 Å². The van der Waals surface area contributed by atoms with Gasteiger partial charge in [-0.3, -0.25) is 9.48 Å². The normalized spacial score (nSPS) is 16.9. The van der Waals surface area contributed by atoms with Crippen LogP contribution in [0.25, 0.3) is 0 Å². The van der Waals surface area contributed by atoms with E-state index < -0.39 is 15.6 Å². The molecule has 0 bridgehead atoms. The van der Waals surface area contributed by atoms with Crippen molar-refractivity contribution in [3.8, 4) is 0 Å². The molecule has 1 unspecified atom stereocenters. The fourth-order valence-electron chi connectivity index (χ4n) is 2.64. The lowest BCUT2D eigenvalue weighted by molar-refractivity contribution is 0.0990. The van der Waals surface area contributed by atoms with Crippen LogP contribution in [0.3, 0.4) is 0 Å². The summed E-state index contributed by atoms with van der Waals surface area (Å²) in [6, 6.07) is 1.61. The van der Waals surface area contributed by atoms with Gasteiger partial charge in [0.25, 0.3) is 0 Å². The SMILES string of the molecule is Cn1nccc1S(C)(=O)=NC(=O)c1nc(Br)c2n1CCCC2. The summed E-state index contributed by atoms with van der Waals surface area (Å²) in [5, 5.41) is 4.40. The Hall–Kier alpha value is -1.48. The van der Waals surface area contributed by atoms with Crippen molar-refractivity contribution in [2.24, 2.45) is 11.4 Å². The highest BCUT2D eigenvalue weighted by Crippen LogP contribution is 2.25. The molecule has 0 saturated heterocycles. The lowest BCUT2D eigenvalue weighted by Gasteiger charge is -2.15. The van der Waals surface area contributed by atoms with Crippen molar-refractivity contribution in [1.82, 2.24) is 19.3 Å². The first-order valence-corrected chi connectivity index (χ1v) is 9.61. The molecule has 0 radical (unpaired) electrons. The van der Waals surface area contributed by atoms with E-state index in [2.05, 4.69) is 30.4 Å². The number of amides is 1. The number of rotatable bonds is 2. The van der Waals surface area contributed by atoms with Crippen LogP contribution in [0.15, 0.2) is 26.3 Å². The molecular weight excluding hydrogens is 370 g/mol. The van der Waals surface area contributed by atoms with E-state index in [1.54, 1.807) is 13.1 Å². The lowest BCUT2D eigenvalue weighted by Crippen LogP contribution is -2.17. The molecule has 7 nitrogen and oxygen atoms in total. The number of hydrogen-bond acceptors (Lipinski definition) is 4. The number of halogens is 1. The van der Waals surface area contributed by atoms with Gasteiger partial charge in [0.1, 0.15) is 9.63 Å². The van der Waals surface area contributed by atoms with Gasteiger partial charge in [-0.2, -0.15) is 5.10 Å². The molecule has 2 aromatic rings.